The molecule has 0 atom stereocenters. The van der Waals surface area contributed by atoms with E-state index in [1.54, 1.807) is 0 Å². The van der Waals surface area contributed by atoms with Crippen molar-refractivity contribution in [2.45, 2.75) is 25.7 Å². The molecule has 0 aliphatic carbocycles. The van der Waals surface area contributed by atoms with E-state index in [9.17, 15) is 0 Å². The fourth-order valence-electron chi connectivity index (χ4n) is 2.36. The Labute approximate surface area is 110 Å². The summed E-state index contributed by atoms with van der Waals surface area (Å²) < 4.78 is 5.63. The zero-order chi connectivity index (χ0) is 12.8. The zero-order valence-corrected chi connectivity index (χ0v) is 11.3. The molecular formula is C15H24N2O. The van der Waals surface area contributed by atoms with Gasteiger partial charge < -0.3 is 15.4 Å². The van der Waals surface area contributed by atoms with Crippen LogP contribution in [0.15, 0.2) is 18.2 Å². The van der Waals surface area contributed by atoms with Gasteiger partial charge in [0, 0.05) is 6.54 Å². The Balaban J connectivity index is 1.86. The Morgan fingerprint density at radius 1 is 1.33 bits per heavy atom. The first kappa shape index (κ1) is 13.4. The monoisotopic (exact) mass is 248 g/mol. The SMILES string of the molecule is CN(CCCN)CCc1ccc2c(c1)CCCO2. The minimum atomic E-state index is 0.778. The summed E-state index contributed by atoms with van der Waals surface area (Å²) in [5.41, 5.74) is 8.31. The van der Waals surface area contributed by atoms with E-state index in [1.807, 2.05) is 0 Å². The summed E-state index contributed by atoms with van der Waals surface area (Å²) in [6, 6.07) is 6.63. The summed E-state index contributed by atoms with van der Waals surface area (Å²) in [6.07, 6.45) is 4.49. The summed E-state index contributed by atoms with van der Waals surface area (Å²) in [6.45, 7) is 3.83. The van der Waals surface area contributed by atoms with Crippen LogP contribution in [0, 0.1) is 0 Å². The predicted octanol–water partition coefficient (Wildman–Crippen LogP) is 1.83. The van der Waals surface area contributed by atoms with Gasteiger partial charge in [0.2, 0.25) is 0 Å². The van der Waals surface area contributed by atoms with E-state index < -0.39 is 0 Å². The van der Waals surface area contributed by atoms with Crippen LogP contribution in [-0.2, 0) is 12.8 Å². The van der Waals surface area contributed by atoms with Crippen LogP contribution in [0.1, 0.15) is 24.0 Å². The Morgan fingerprint density at radius 2 is 2.22 bits per heavy atom. The van der Waals surface area contributed by atoms with Crippen LogP contribution < -0.4 is 10.5 Å². The van der Waals surface area contributed by atoms with Gasteiger partial charge in [-0.3, -0.25) is 0 Å². The molecule has 1 aliphatic heterocycles. The Kier molecular flexibility index (Phi) is 5.02. The second-order valence-electron chi connectivity index (χ2n) is 5.09. The maximum absolute atomic E-state index is 5.63. The molecule has 0 aromatic heterocycles. The highest BCUT2D eigenvalue weighted by molar-refractivity contribution is 5.38. The van der Waals surface area contributed by atoms with E-state index in [0.29, 0.717) is 0 Å². The Morgan fingerprint density at radius 3 is 3.06 bits per heavy atom. The lowest BCUT2D eigenvalue weighted by atomic mass is 10.0. The molecule has 1 aromatic carbocycles. The molecule has 2 rings (SSSR count). The van der Waals surface area contributed by atoms with Crippen molar-refractivity contribution in [3.05, 3.63) is 29.3 Å². The second kappa shape index (κ2) is 6.76. The molecule has 0 spiro atoms. The fraction of sp³-hybridized carbons (Fsp3) is 0.600. The third kappa shape index (κ3) is 3.72. The van der Waals surface area contributed by atoms with Crippen LogP contribution in [0.4, 0.5) is 0 Å². The maximum Gasteiger partial charge on any atom is 0.122 e. The molecule has 3 nitrogen and oxygen atoms in total. The summed E-state index contributed by atoms with van der Waals surface area (Å²) in [5.74, 6) is 1.08. The lowest BCUT2D eigenvalue weighted by Crippen LogP contribution is -2.24. The molecule has 0 bridgehead atoms. The van der Waals surface area contributed by atoms with Crippen molar-refractivity contribution in [3.8, 4) is 5.75 Å². The van der Waals surface area contributed by atoms with Crippen molar-refractivity contribution < 1.29 is 4.74 Å². The molecule has 18 heavy (non-hydrogen) atoms. The van der Waals surface area contributed by atoms with Gasteiger partial charge in [-0.1, -0.05) is 12.1 Å². The minimum Gasteiger partial charge on any atom is -0.493 e. The molecule has 0 radical (unpaired) electrons. The fourth-order valence-corrected chi connectivity index (χ4v) is 2.36. The number of nitrogens with zero attached hydrogens (tertiary/aromatic N) is 1. The second-order valence-corrected chi connectivity index (χ2v) is 5.09. The van der Waals surface area contributed by atoms with Gasteiger partial charge in [-0.15, -0.1) is 0 Å². The van der Waals surface area contributed by atoms with Crippen LogP contribution in [0.5, 0.6) is 5.75 Å². The van der Waals surface area contributed by atoms with Crippen molar-refractivity contribution in [2.24, 2.45) is 5.73 Å². The molecule has 0 saturated carbocycles. The van der Waals surface area contributed by atoms with Crippen LogP contribution in [0.2, 0.25) is 0 Å². The van der Waals surface area contributed by atoms with Crippen molar-refractivity contribution in [1.82, 2.24) is 4.90 Å². The molecule has 2 N–H and O–H groups in total. The van der Waals surface area contributed by atoms with E-state index in [1.165, 1.54) is 11.1 Å². The number of rotatable bonds is 6. The first-order chi connectivity index (χ1) is 8.79. The summed E-state index contributed by atoms with van der Waals surface area (Å²) in [5, 5.41) is 0. The molecule has 0 fully saturated rings. The van der Waals surface area contributed by atoms with Crippen molar-refractivity contribution >= 4 is 0 Å². The molecule has 1 heterocycles. The smallest absolute Gasteiger partial charge is 0.122 e. The number of fused-ring (bicyclic) bond motifs is 1. The third-order valence-corrected chi connectivity index (χ3v) is 3.50. The lowest BCUT2D eigenvalue weighted by Gasteiger charge is -2.19. The highest BCUT2D eigenvalue weighted by Gasteiger charge is 2.10. The molecule has 100 valence electrons. The molecule has 3 heteroatoms. The van der Waals surface area contributed by atoms with Gasteiger partial charge in [0.25, 0.3) is 0 Å². The molecule has 1 aliphatic rings. The van der Waals surface area contributed by atoms with Gasteiger partial charge in [0.15, 0.2) is 0 Å². The summed E-state index contributed by atoms with van der Waals surface area (Å²) in [7, 11) is 2.16. The van der Waals surface area contributed by atoms with Crippen LogP contribution in [-0.4, -0.2) is 38.2 Å². The molecule has 0 saturated heterocycles. The van der Waals surface area contributed by atoms with Gasteiger partial charge in [0.05, 0.1) is 6.61 Å². The van der Waals surface area contributed by atoms with Crippen molar-refractivity contribution in [1.29, 1.82) is 0 Å². The number of hydrogen-bond donors (Lipinski definition) is 1. The van der Waals surface area contributed by atoms with E-state index >= 15 is 0 Å². The zero-order valence-electron chi connectivity index (χ0n) is 11.3. The molecular weight excluding hydrogens is 224 g/mol. The molecule has 0 amide bonds. The summed E-state index contributed by atoms with van der Waals surface area (Å²) in [4.78, 5) is 2.35. The average molecular weight is 248 g/mol. The largest absolute Gasteiger partial charge is 0.493 e. The molecule has 0 unspecified atom stereocenters. The minimum absolute atomic E-state index is 0.778. The topological polar surface area (TPSA) is 38.5 Å². The summed E-state index contributed by atoms with van der Waals surface area (Å²) >= 11 is 0. The highest BCUT2D eigenvalue weighted by Crippen LogP contribution is 2.25. The van der Waals surface area contributed by atoms with Crippen LogP contribution in [0.3, 0.4) is 0 Å². The maximum atomic E-state index is 5.63. The van der Waals surface area contributed by atoms with E-state index in [2.05, 4.69) is 30.1 Å². The van der Waals surface area contributed by atoms with Crippen molar-refractivity contribution in [3.63, 3.8) is 0 Å². The van der Waals surface area contributed by atoms with Gasteiger partial charge in [0.1, 0.15) is 5.75 Å². The van der Waals surface area contributed by atoms with E-state index in [0.717, 1.165) is 57.7 Å². The Bertz CT molecular complexity index is 379. The number of likely N-dealkylation sites (N-methyl/N-ethyl adjacent to an activating group) is 1. The van der Waals surface area contributed by atoms with E-state index in [-0.39, 0.29) is 0 Å². The van der Waals surface area contributed by atoms with Gasteiger partial charge in [-0.25, -0.2) is 0 Å². The lowest BCUT2D eigenvalue weighted by molar-refractivity contribution is 0.288. The molecule has 1 aromatic rings. The van der Waals surface area contributed by atoms with Gasteiger partial charge in [-0.2, -0.15) is 0 Å². The van der Waals surface area contributed by atoms with E-state index in [4.69, 9.17) is 10.5 Å². The number of hydrogen-bond acceptors (Lipinski definition) is 3. The highest BCUT2D eigenvalue weighted by atomic mass is 16.5. The average Bonchev–Trinajstić information content (AvgIpc) is 2.42. The first-order valence-electron chi connectivity index (χ1n) is 6.93. The van der Waals surface area contributed by atoms with Crippen LogP contribution in [0.25, 0.3) is 0 Å². The number of benzene rings is 1. The number of ether oxygens (including phenoxy) is 1. The number of nitrogens with two attached hydrogens (primary N) is 1. The van der Waals surface area contributed by atoms with Gasteiger partial charge in [-0.05, 0) is 63.0 Å². The van der Waals surface area contributed by atoms with Crippen molar-refractivity contribution in [2.75, 3.05) is 33.3 Å². The Hall–Kier alpha value is -1.06. The standard InChI is InChI=1S/C15H24N2O/c1-17(9-3-8-16)10-7-13-5-6-15-14(12-13)4-2-11-18-15/h5-6,12H,2-4,7-11,16H2,1H3. The van der Waals surface area contributed by atoms with Gasteiger partial charge >= 0.3 is 0 Å². The van der Waals surface area contributed by atoms with Crippen LogP contribution >= 0.6 is 0 Å². The normalized spacial score (nSPS) is 14.4. The number of aryl methyl sites for hydroxylation is 1. The first-order valence-corrected chi connectivity index (χ1v) is 6.93. The predicted molar refractivity (Wildman–Crippen MR) is 75.1 cm³/mol. The third-order valence-electron chi connectivity index (χ3n) is 3.50. The quantitative estimate of drug-likeness (QED) is 0.835.